The Kier molecular flexibility index (Phi) is 7.55. The Balaban J connectivity index is 2.14. The highest BCUT2D eigenvalue weighted by Crippen LogP contribution is 2.38. The summed E-state index contributed by atoms with van der Waals surface area (Å²) in [5.41, 5.74) is 3.74. The Labute approximate surface area is 152 Å². The van der Waals surface area contributed by atoms with Crippen LogP contribution in [0.3, 0.4) is 0 Å². The van der Waals surface area contributed by atoms with E-state index in [1.54, 1.807) is 0 Å². The number of carbonyl (C=O) groups excluding carboxylic acids is 1. The molecule has 2 aliphatic rings. The van der Waals surface area contributed by atoms with Crippen LogP contribution >= 0.6 is 0 Å². The first-order valence-electron chi connectivity index (χ1n) is 9.86. The first-order chi connectivity index (χ1) is 12.1. The number of nitriles is 1. The third-order valence-corrected chi connectivity index (χ3v) is 5.55. The maximum Gasteiger partial charge on any atom is 0.349 e. The molecule has 0 aromatic heterocycles. The minimum absolute atomic E-state index is 0.243. The highest BCUT2D eigenvalue weighted by molar-refractivity contribution is 5.94. The number of nitrogens with zero attached hydrogens (tertiary/aromatic N) is 2. The average Bonchev–Trinajstić information content (AvgIpc) is 2.63. The number of hydrogen-bond acceptors (Lipinski definition) is 4. The van der Waals surface area contributed by atoms with Gasteiger partial charge in [-0.3, -0.25) is 0 Å². The lowest BCUT2D eigenvalue weighted by molar-refractivity contribution is -0.140. The lowest BCUT2D eigenvalue weighted by atomic mass is 9.83. The summed E-state index contributed by atoms with van der Waals surface area (Å²) in [5, 5.41) is 9.62. The van der Waals surface area contributed by atoms with E-state index in [-0.39, 0.29) is 5.57 Å². The van der Waals surface area contributed by atoms with Gasteiger partial charge in [0.2, 0.25) is 0 Å². The van der Waals surface area contributed by atoms with E-state index in [1.807, 2.05) is 0 Å². The topological polar surface area (TPSA) is 53.3 Å². The van der Waals surface area contributed by atoms with Crippen LogP contribution in [0.25, 0.3) is 0 Å². The van der Waals surface area contributed by atoms with E-state index in [0.29, 0.717) is 12.5 Å². The number of unbranched alkanes of at least 4 members (excludes halogenated alkanes) is 1. The van der Waals surface area contributed by atoms with Crippen LogP contribution in [0.5, 0.6) is 0 Å². The van der Waals surface area contributed by atoms with E-state index in [9.17, 15) is 10.1 Å². The highest BCUT2D eigenvalue weighted by atomic mass is 16.5. The molecule has 0 aromatic carbocycles. The number of esters is 1. The molecule has 0 bridgehead atoms. The van der Waals surface area contributed by atoms with Crippen molar-refractivity contribution in [2.24, 2.45) is 5.92 Å². The average molecular weight is 344 g/mol. The molecule has 138 valence electrons. The van der Waals surface area contributed by atoms with Crippen molar-refractivity contribution < 1.29 is 9.53 Å². The molecule has 1 aliphatic heterocycles. The number of hydrogen-bond donors (Lipinski definition) is 0. The van der Waals surface area contributed by atoms with Gasteiger partial charge >= 0.3 is 5.97 Å². The van der Waals surface area contributed by atoms with Gasteiger partial charge in [0, 0.05) is 19.3 Å². The number of ether oxygens (including phenoxy) is 1. The van der Waals surface area contributed by atoms with Gasteiger partial charge in [-0.2, -0.15) is 5.26 Å². The van der Waals surface area contributed by atoms with Crippen molar-refractivity contribution in [2.75, 3.05) is 20.2 Å². The van der Waals surface area contributed by atoms with Crippen LogP contribution in [0.15, 0.2) is 22.4 Å². The number of rotatable bonds is 7. The smallest absolute Gasteiger partial charge is 0.349 e. The van der Waals surface area contributed by atoms with Crippen molar-refractivity contribution in [3.8, 4) is 6.07 Å². The summed E-state index contributed by atoms with van der Waals surface area (Å²) in [7, 11) is 2.11. The molecule has 0 aromatic rings. The van der Waals surface area contributed by atoms with E-state index in [4.69, 9.17) is 4.74 Å². The molecule has 1 atom stereocenters. The van der Waals surface area contributed by atoms with Gasteiger partial charge in [0.25, 0.3) is 0 Å². The van der Waals surface area contributed by atoms with Crippen molar-refractivity contribution in [1.29, 1.82) is 5.26 Å². The first kappa shape index (κ1) is 19.6. The van der Waals surface area contributed by atoms with Crippen LogP contribution in [-0.2, 0) is 9.53 Å². The van der Waals surface area contributed by atoms with E-state index in [0.717, 1.165) is 69.9 Å². The zero-order valence-electron chi connectivity index (χ0n) is 16.1. The maximum atomic E-state index is 12.6. The summed E-state index contributed by atoms with van der Waals surface area (Å²) in [6, 6.07) is 2.16. The van der Waals surface area contributed by atoms with Gasteiger partial charge in [-0.05, 0) is 55.6 Å². The van der Waals surface area contributed by atoms with Crippen LogP contribution in [-0.4, -0.2) is 31.1 Å². The third kappa shape index (κ3) is 4.87. The van der Waals surface area contributed by atoms with Crippen LogP contribution < -0.4 is 0 Å². The Hall–Kier alpha value is -1.76. The fourth-order valence-electron chi connectivity index (χ4n) is 3.93. The van der Waals surface area contributed by atoms with Crippen LogP contribution in [0.2, 0.25) is 0 Å². The normalized spacial score (nSPS) is 20.6. The van der Waals surface area contributed by atoms with Crippen molar-refractivity contribution in [2.45, 2.75) is 71.6 Å². The Morgan fingerprint density at radius 1 is 1.28 bits per heavy atom. The second kappa shape index (κ2) is 9.65. The third-order valence-electron chi connectivity index (χ3n) is 5.55. The molecule has 0 saturated carbocycles. The molecule has 1 aliphatic carbocycles. The lowest BCUT2D eigenvalue weighted by Crippen LogP contribution is -2.28. The summed E-state index contributed by atoms with van der Waals surface area (Å²) in [6.07, 6.45) is 9.34. The molecule has 0 radical (unpaired) electrons. The van der Waals surface area contributed by atoms with Crippen LogP contribution in [0.1, 0.15) is 71.6 Å². The summed E-state index contributed by atoms with van der Waals surface area (Å²) in [4.78, 5) is 14.9. The summed E-state index contributed by atoms with van der Waals surface area (Å²) in [6.45, 7) is 5.80. The molecule has 25 heavy (non-hydrogen) atoms. The van der Waals surface area contributed by atoms with E-state index < -0.39 is 5.97 Å². The molecular weight excluding hydrogens is 312 g/mol. The number of allylic oxidation sites excluding steroid dienone is 3. The molecule has 0 spiro atoms. The van der Waals surface area contributed by atoms with Crippen LogP contribution in [0.4, 0.5) is 0 Å². The summed E-state index contributed by atoms with van der Waals surface area (Å²) in [5.74, 6) is -0.0229. The van der Waals surface area contributed by atoms with Gasteiger partial charge < -0.3 is 9.64 Å². The molecule has 1 unspecified atom stereocenters. The van der Waals surface area contributed by atoms with Crippen molar-refractivity contribution in [1.82, 2.24) is 4.90 Å². The minimum Gasteiger partial charge on any atom is -0.461 e. The van der Waals surface area contributed by atoms with Gasteiger partial charge in [0.15, 0.2) is 0 Å². The fraction of sp³-hybridized carbons (Fsp3) is 0.714. The number of carbonyl (C=O) groups is 1. The SMILES string of the molecule is CCCCC(CC)COC(=O)/C(C#N)=C1/CCCC2=C1CCCN2C. The summed E-state index contributed by atoms with van der Waals surface area (Å²) >= 11 is 0. The van der Waals surface area contributed by atoms with E-state index in [2.05, 4.69) is 31.9 Å². The fourth-order valence-corrected chi connectivity index (χ4v) is 3.93. The molecule has 0 N–H and O–H groups in total. The van der Waals surface area contributed by atoms with Gasteiger partial charge in [0.05, 0.1) is 6.61 Å². The zero-order valence-corrected chi connectivity index (χ0v) is 16.1. The van der Waals surface area contributed by atoms with Crippen molar-refractivity contribution in [3.05, 3.63) is 22.4 Å². The molecule has 2 rings (SSSR count). The largest absolute Gasteiger partial charge is 0.461 e. The van der Waals surface area contributed by atoms with Gasteiger partial charge in [-0.1, -0.05) is 33.1 Å². The summed E-state index contributed by atoms with van der Waals surface area (Å²) < 4.78 is 5.55. The lowest BCUT2D eigenvalue weighted by Gasteiger charge is -2.35. The molecule has 1 heterocycles. The standard InChI is InChI=1S/C21H32N2O2/c1-4-6-9-16(5-2)15-25-21(24)19(14-22)17-10-7-12-20-18(17)11-8-13-23(20)3/h16H,4-13,15H2,1-3H3/b19-17-. The Morgan fingerprint density at radius 2 is 2.08 bits per heavy atom. The quantitative estimate of drug-likeness (QED) is 0.380. The van der Waals surface area contributed by atoms with Crippen molar-refractivity contribution >= 4 is 5.97 Å². The molecule has 0 fully saturated rings. The molecular formula is C21H32N2O2. The van der Waals surface area contributed by atoms with Crippen molar-refractivity contribution in [3.63, 3.8) is 0 Å². The Bertz CT molecular complexity index is 583. The predicted octanol–water partition coefficient (Wildman–Crippen LogP) is 4.73. The zero-order chi connectivity index (χ0) is 18.2. The Morgan fingerprint density at radius 3 is 2.76 bits per heavy atom. The first-order valence-corrected chi connectivity index (χ1v) is 9.86. The molecule has 4 nitrogen and oxygen atoms in total. The second-order valence-electron chi connectivity index (χ2n) is 7.28. The minimum atomic E-state index is -0.422. The monoisotopic (exact) mass is 344 g/mol. The van der Waals surface area contributed by atoms with Gasteiger partial charge in [-0.15, -0.1) is 0 Å². The molecule has 0 amide bonds. The molecule has 4 heteroatoms. The maximum absolute atomic E-state index is 12.6. The highest BCUT2D eigenvalue weighted by Gasteiger charge is 2.28. The molecule has 0 saturated heterocycles. The van der Waals surface area contributed by atoms with Gasteiger partial charge in [-0.25, -0.2) is 4.79 Å². The van der Waals surface area contributed by atoms with Gasteiger partial charge in [0.1, 0.15) is 11.6 Å². The van der Waals surface area contributed by atoms with E-state index in [1.165, 1.54) is 11.3 Å². The van der Waals surface area contributed by atoms with Crippen LogP contribution in [0, 0.1) is 17.2 Å². The second-order valence-corrected chi connectivity index (χ2v) is 7.28. The van der Waals surface area contributed by atoms with E-state index >= 15 is 0 Å². The predicted molar refractivity (Wildman–Crippen MR) is 99.6 cm³/mol.